The number of aliphatic carboxylic acids is 1. The van der Waals surface area contributed by atoms with Crippen molar-refractivity contribution in [3.8, 4) is 0 Å². The minimum Gasteiger partial charge on any atom is -0.480 e. The maximum absolute atomic E-state index is 12.2. The fourth-order valence-corrected chi connectivity index (χ4v) is 2.83. The number of carbonyl (C=O) groups excluding carboxylic acids is 1. The van der Waals surface area contributed by atoms with Crippen LogP contribution in [0.1, 0.15) is 53.4 Å². The van der Waals surface area contributed by atoms with Gasteiger partial charge in [0, 0.05) is 12.6 Å². The van der Waals surface area contributed by atoms with E-state index in [9.17, 15) is 14.7 Å². The molecule has 19 heavy (non-hydrogen) atoms. The van der Waals surface area contributed by atoms with Gasteiger partial charge in [0.15, 0.2) is 0 Å². The minimum absolute atomic E-state index is 0.0738. The monoisotopic (exact) mass is 270 g/mol. The van der Waals surface area contributed by atoms with Gasteiger partial charge in [0.25, 0.3) is 0 Å². The lowest BCUT2D eigenvalue weighted by Gasteiger charge is -2.37. The second-order valence-electron chi connectivity index (χ2n) is 5.48. The molecular formula is C14H26N2O3. The van der Waals surface area contributed by atoms with Crippen LogP contribution in [0.2, 0.25) is 0 Å². The van der Waals surface area contributed by atoms with Crippen LogP contribution in [0.3, 0.4) is 0 Å². The number of likely N-dealkylation sites (tertiary alicyclic amines) is 1. The summed E-state index contributed by atoms with van der Waals surface area (Å²) in [4.78, 5) is 25.6. The van der Waals surface area contributed by atoms with Crippen LogP contribution in [0, 0.1) is 0 Å². The largest absolute Gasteiger partial charge is 0.480 e. The Kier molecular flexibility index (Phi) is 5.35. The van der Waals surface area contributed by atoms with Crippen molar-refractivity contribution in [2.45, 2.75) is 71.0 Å². The van der Waals surface area contributed by atoms with E-state index in [4.69, 9.17) is 0 Å². The lowest BCUT2D eigenvalue weighted by atomic mass is 9.92. The molecule has 1 aliphatic heterocycles. The number of carbonyl (C=O) groups is 2. The molecule has 3 unspecified atom stereocenters. The number of amides is 1. The molecule has 0 aromatic rings. The van der Waals surface area contributed by atoms with E-state index in [0.717, 1.165) is 12.8 Å². The van der Waals surface area contributed by atoms with E-state index in [-0.39, 0.29) is 11.9 Å². The van der Waals surface area contributed by atoms with Gasteiger partial charge in [-0.3, -0.25) is 14.5 Å². The van der Waals surface area contributed by atoms with Gasteiger partial charge in [-0.25, -0.2) is 0 Å². The zero-order valence-corrected chi connectivity index (χ0v) is 12.4. The maximum atomic E-state index is 12.2. The molecule has 0 aromatic carbocycles. The summed E-state index contributed by atoms with van der Waals surface area (Å²) >= 11 is 0. The molecule has 0 radical (unpaired) electrons. The average molecular weight is 270 g/mol. The Bertz CT molecular complexity index is 346. The summed E-state index contributed by atoms with van der Waals surface area (Å²) in [5, 5.41) is 12.5. The second-order valence-corrected chi connectivity index (χ2v) is 5.48. The first-order valence-electron chi connectivity index (χ1n) is 7.19. The van der Waals surface area contributed by atoms with E-state index in [1.54, 1.807) is 6.92 Å². The molecule has 1 aliphatic rings. The van der Waals surface area contributed by atoms with Gasteiger partial charge in [-0.15, -0.1) is 0 Å². The Morgan fingerprint density at radius 2 is 2.00 bits per heavy atom. The third-order valence-corrected chi connectivity index (χ3v) is 4.37. The van der Waals surface area contributed by atoms with Gasteiger partial charge in [-0.05, 0) is 39.5 Å². The Morgan fingerprint density at radius 1 is 1.37 bits per heavy atom. The van der Waals surface area contributed by atoms with E-state index in [0.29, 0.717) is 19.4 Å². The number of carboxylic acid groups (broad SMARTS) is 1. The number of carboxylic acids is 1. The van der Waals surface area contributed by atoms with Crippen LogP contribution in [-0.4, -0.2) is 46.1 Å². The molecule has 0 aliphatic carbocycles. The number of hydrogen-bond donors (Lipinski definition) is 2. The first-order chi connectivity index (χ1) is 8.89. The summed E-state index contributed by atoms with van der Waals surface area (Å²) in [5.41, 5.74) is -0.869. The van der Waals surface area contributed by atoms with Crippen molar-refractivity contribution < 1.29 is 14.7 Å². The third kappa shape index (κ3) is 3.08. The van der Waals surface area contributed by atoms with Crippen molar-refractivity contribution in [2.24, 2.45) is 0 Å². The minimum atomic E-state index is -0.869. The third-order valence-electron chi connectivity index (χ3n) is 4.37. The van der Waals surface area contributed by atoms with Gasteiger partial charge in [-0.2, -0.15) is 0 Å². The predicted molar refractivity (Wildman–Crippen MR) is 74.0 cm³/mol. The molecule has 0 aromatic heterocycles. The lowest BCUT2D eigenvalue weighted by Crippen LogP contribution is -2.58. The molecule has 110 valence electrons. The van der Waals surface area contributed by atoms with E-state index in [2.05, 4.69) is 5.32 Å². The standard InChI is InChI=1S/C14H26N2O3/c1-5-10(3)15-12(17)11(4)16-9-7-8-14(16,6-2)13(18)19/h10-11H,5-9H2,1-4H3,(H,15,17)(H,18,19). The van der Waals surface area contributed by atoms with Crippen LogP contribution in [0.15, 0.2) is 0 Å². The number of nitrogens with zero attached hydrogens (tertiary/aromatic N) is 1. The molecule has 0 saturated carbocycles. The highest BCUT2D eigenvalue weighted by Crippen LogP contribution is 2.34. The van der Waals surface area contributed by atoms with Crippen LogP contribution in [-0.2, 0) is 9.59 Å². The van der Waals surface area contributed by atoms with Crippen LogP contribution in [0.4, 0.5) is 0 Å². The molecule has 0 bridgehead atoms. The SMILES string of the molecule is CCC(C)NC(=O)C(C)N1CCCC1(CC)C(=O)O. The summed E-state index contributed by atoms with van der Waals surface area (Å²) < 4.78 is 0. The Hall–Kier alpha value is -1.10. The van der Waals surface area contributed by atoms with Crippen LogP contribution in [0.5, 0.6) is 0 Å². The van der Waals surface area contributed by atoms with Crippen LogP contribution < -0.4 is 5.32 Å². The molecule has 1 saturated heterocycles. The van der Waals surface area contributed by atoms with E-state index in [1.807, 2.05) is 25.7 Å². The Balaban J connectivity index is 2.82. The summed E-state index contributed by atoms with van der Waals surface area (Å²) in [5.74, 6) is -0.883. The fourth-order valence-electron chi connectivity index (χ4n) is 2.83. The molecule has 5 heteroatoms. The molecule has 1 rings (SSSR count). The first kappa shape index (κ1) is 16.0. The quantitative estimate of drug-likeness (QED) is 0.769. The fraction of sp³-hybridized carbons (Fsp3) is 0.857. The summed E-state index contributed by atoms with van der Waals surface area (Å²) in [6.07, 6.45) is 2.86. The van der Waals surface area contributed by atoms with Crippen molar-refractivity contribution in [1.29, 1.82) is 0 Å². The maximum Gasteiger partial charge on any atom is 0.324 e. The zero-order chi connectivity index (χ0) is 14.6. The zero-order valence-electron chi connectivity index (χ0n) is 12.4. The Morgan fingerprint density at radius 3 is 2.47 bits per heavy atom. The highest BCUT2D eigenvalue weighted by atomic mass is 16.4. The van der Waals surface area contributed by atoms with E-state index >= 15 is 0 Å². The molecular weight excluding hydrogens is 244 g/mol. The molecule has 1 heterocycles. The summed E-state index contributed by atoms with van der Waals surface area (Å²) in [7, 11) is 0. The smallest absolute Gasteiger partial charge is 0.324 e. The van der Waals surface area contributed by atoms with Crippen molar-refractivity contribution in [3.63, 3.8) is 0 Å². The van der Waals surface area contributed by atoms with Crippen molar-refractivity contribution in [2.75, 3.05) is 6.54 Å². The van der Waals surface area contributed by atoms with Gasteiger partial charge in [0.05, 0.1) is 6.04 Å². The van der Waals surface area contributed by atoms with Crippen LogP contribution >= 0.6 is 0 Å². The van der Waals surface area contributed by atoms with Gasteiger partial charge in [-0.1, -0.05) is 13.8 Å². The van der Waals surface area contributed by atoms with Crippen molar-refractivity contribution in [1.82, 2.24) is 10.2 Å². The highest BCUT2D eigenvalue weighted by molar-refractivity contribution is 5.84. The Labute approximate surface area is 115 Å². The number of rotatable bonds is 6. The lowest BCUT2D eigenvalue weighted by molar-refractivity contribution is -0.152. The highest BCUT2D eigenvalue weighted by Gasteiger charge is 2.49. The van der Waals surface area contributed by atoms with Gasteiger partial charge in [0.1, 0.15) is 5.54 Å². The molecule has 5 nitrogen and oxygen atoms in total. The summed E-state index contributed by atoms with van der Waals surface area (Å²) in [6.45, 7) is 8.33. The number of hydrogen-bond acceptors (Lipinski definition) is 3. The van der Waals surface area contributed by atoms with E-state index in [1.165, 1.54) is 0 Å². The topological polar surface area (TPSA) is 69.6 Å². The van der Waals surface area contributed by atoms with Gasteiger partial charge >= 0.3 is 5.97 Å². The molecule has 0 spiro atoms. The molecule has 3 atom stereocenters. The molecule has 2 N–H and O–H groups in total. The molecule has 1 fully saturated rings. The van der Waals surface area contributed by atoms with Crippen molar-refractivity contribution >= 4 is 11.9 Å². The average Bonchev–Trinajstić information content (AvgIpc) is 2.82. The predicted octanol–water partition coefficient (Wildman–Crippen LogP) is 1.62. The normalized spacial score (nSPS) is 26.9. The van der Waals surface area contributed by atoms with Gasteiger partial charge < -0.3 is 10.4 Å². The van der Waals surface area contributed by atoms with Crippen molar-refractivity contribution in [3.05, 3.63) is 0 Å². The van der Waals surface area contributed by atoms with E-state index < -0.39 is 17.6 Å². The van der Waals surface area contributed by atoms with Gasteiger partial charge in [0.2, 0.25) is 5.91 Å². The molecule has 1 amide bonds. The second kappa shape index (κ2) is 6.37. The number of nitrogens with one attached hydrogen (secondary N) is 1. The first-order valence-corrected chi connectivity index (χ1v) is 7.19. The van der Waals surface area contributed by atoms with Crippen LogP contribution in [0.25, 0.3) is 0 Å². The summed E-state index contributed by atoms with van der Waals surface area (Å²) in [6, 6.07) is -0.272.